The van der Waals surface area contributed by atoms with E-state index in [-0.39, 0.29) is 25.7 Å². The number of hydrogen-bond acceptors (Lipinski definition) is 15. The number of esters is 4. The summed E-state index contributed by atoms with van der Waals surface area (Å²) >= 11 is 0. The van der Waals surface area contributed by atoms with E-state index in [1.54, 1.807) is 0 Å². The summed E-state index contributed by atoms with van der Waals surface area (Å²) in [5.74, 6) is -2.19. The van der Waals surface area contributed by atoms with Gasteiger partial charge in [0.05, 0.1) is 26.4 Å². The fraction of sp³-hybridized carbons (Fsp3) is 0.747. The molecule has 0 heterocycles. The number of ether oxygens (including phenoxy) is 4. The molecule has 0 rings (SSSR count). The van der Waals surface area contributed by atoms with E-state index in [4.69, 9.17) is 37.0 Å². The van der Waals surface area contributed by atoms with Gasteiger partial charge in [0.1, 0.15) is 19.3 Å². The predicted octanol–water partition coefficient (Wildman–Crippen LogP) is 24.9. The number of phosphoric acid groups is 2. The quantitative estimate of drug-likeness (QED) is 0.0169. The van der Waals surface area contributed by atoms with Crippen molar-refractivity contribution < 1.29 is 80.2 Å². The zero-order valence-electron chi connectivity index (χ0n) is 67.1. The van der Waals surface area contributed by atoms with Crippen LogP contribution in [0.15, 0.2) is 109 Å². The third-order valence-corrected chi connectivity index (χ3v) is 19.6. The van der Waals surface area contributed by atoms with Gasteiger partial charge in [0, 0.05) is 25.7 Å². The van der Waals surface area contributed by atoms with E-state index in [1.165, 1.54) is 77.0 Å². The van der Waals surface area contributed by atoms with E-state index in [9.17, 15) is 43.2 Å². The monoisotopic (exact) mass is 1530 g/mol. The highest BCUT2D eigenvalue weighted by atomic mass is 31.2. The van der Waals surface area contributed by atoms with Crippen LogP contribution < -0.4 is 0 Å². The lowest BCUT2D eigenvalue weighted by atomic mass is 10.1. The fourth-order valence-corrected chi connectivity index (χ4v) is 12.9. The molecule has 0 amide bonds. The van der Waals surface area contributed by atoms with Gasteiger partial charge in [0.2, 0.25) is 0 Å². The number of aliphatic hydroxyl groups is 1. The lowest BCUT2D eigenvalue weighted by molar-refractivity contribution is -0.161. The zero-order chi connectivity index (χ0) is 77.4. The number of carbonyl (C=O) groups is 4. The van der Waals surface area contributed by atoms with Crippen LogP contribution in [0.2, 0.25) is 0 Å². The molecule has 0 fully saturated rings. The van der Waals surface area contributed by atoms with E-state index in [0.29, 0.717) is 25.7 Å². The van der Waals surface area contributed by atoms with Crippen molar-refractivity contribution in [3.63, 3.8) is 0 Å². The fourth-order valence-electron chi connectivity index (χ4n) is 11.3. The van der Waals surface area contributed by atoms with E-state index in [0.717, 1.165) is 205 Å². The molecule has 0 spiro atoms. The van der Waals surface area contributed by atoms with Crippen LogP contribution in [-0.4, -0.2) is 96.7 Å². The Balaban J connectivity index is 5.35. The molecular weight excluding hydrogens is 1380 g/mol. The van der Waals surface area contributed by atoms with Crippen LogP contribution in [0.5, 0.6) is 0 Å². The van der Waals surface area contributed by atoms with Crippen molar-refractivity contribution in [2.75, 3.05) is 39.6 Å². The Morgan fingerprint density at radius 3 is 0.774 bits per heavy atom. The zero-order valence-corrected chi connectivity index (χ0v) is 68.9. The van der Waals surface area contributed by atoms with E-state index >= 15 is 0 Å². The van der Waals surface area contributed by atoms with E-state index < -0.39 is 97.5 Å². The average molecular weight is 1530 g/mol. The maximum absolute atomic E-state index is 13.1. The van der Waals surface area contributed by atoms with Gasteiger partial charge in [-0.15, -0.1) is 0 Å². The van der Waals surface area contributed by atoms with Crippen LogP contribution in [0, 0.1) is 0 Å². The predicted molar refractivity (Wildman–Crippen MR) is 436 cm³/mol. The summed E-state index contributed by atoms with van der Waals surface area (Å²) in [5, 5.41) is 10.7. The maximum atomic E-state index is 13.1. The first-order chi connectivity index (χ1) is 51.7. The van der Waals surface area contributed by atoms with Gasteiger partial charge < -0.3 is 33.8 Å². The van der Waals surface area contributed by atoms with Gasteiger partial charge in [-0.25, -0.2) is 9.13 Å². The third kappa shape index (κ3) is 77.9. The van der Waals surface area contributed by atoms with E-state index in [2.05, 4.69) is 137 Å². The molecule has 0 aliphatic heterocycles. The third-order valence-electron chi connectivity index (χ3n) is 17.7. The van der Waals surface area contributed by atoms with Crippen molar-refractivity contribution in [3.8, 4) is 0 Å². The molecule has 5 unspecified atom stereocenters. The van der Waals surface area contributed by atoms with Crippen LogP contribution in [0.4, 0.5) is 0 Å². The second-order valence-corrected chi connectivity index (χ2v) is 30.9. The van der Waals surface area contributed by atoms with Crippen LogP contribution >= 0.6 is 15.6 Å². The molecule has 5 atom stereocenters. The Hall–Kier alpha value is -4.28. The molecule has 0 radical (unpaired) electrons. The average Bonchev–Trinajstić information content (AvgIpc) is 0.901. The molecule has 106 heavy (non-hydrogen) atoms. The highest BCUT2D eigenvalue weighted by Gasteiger charge is 2.30. The highest BCUT2D eigenvalue weighted by Crippen LogP contribution is 2.45. The summed E-state index contributed by atoms with van der Waals surface area (Å²) in [6.45, 7) is 4.72. The molecule has 0 saturated carbocycles. The number of hydrogen-bond donors (Lipinski definition) is 3. The highest BCUT2D eigenvalue weighted by molar-refractivity contribution is 7.47. The molecule has 0 aromatic heterocycles. The Bertz CT molecular complexity index is 2430. The first-order valence-corrected chi connectivity index (χ1v) is 45.1. The Labute approximate surface area is 645 Å². The van der Waals surface area contributed by atoms with Crippen LogP contribution in [0.25, 0.3) is 0 Å². The van der Waals surface area contributed by atoms with Crippen molar-refractivity contribution in [3.05, 3.63) is 109 Å². The van der Waals surface area contributed by atoms with Gasteiger partial charge in [0.15, 0.2) is 12.2 Å². The number of carbonyl (C=O) groups excluding carboxylic acids is 4. The van der Waals surface area contributed by atoms with Crippen LogP contribution in [0.3, 0.4) is 0 Å². The molecule has 0 aromatic rings. The molecule has 0 aliphatic rings. The molecular formula is C87H152O17P2. The van der Waals surface area contributed by atoms with Crippen LogP contribution in [-0.2, 0) is 65.4 Å². The van der Waals surface area contributed by atoms with Gasteiger partial charge >= 0.3 is 39.5 Å². The van der Waals surface area contributed by atoms with Crippen molar-refractivity contribution in [1.82, 2.24) is 0 Å². The summed E-state index contributed by atoms with van der Waals surface area (Å²) in [6, 6.07) is 0. The number of allylic oxidation sites excluding steroid dienone is 18. The normalized spacial score (nSPS) is 14.4. The van der Waals surface area contributed by atoms with Crippen LogP contribution in [0.1, 0.15) is 362 Å². The summed E-state index contributed by atoms with van der Waals surface area (Å²) in [7, 11) is -9.97. The largest absolute Gasteiger partial charge is 0.472 e. The van der Waals surface area contributed by atoms with Crippen molar-refractivity contribution in [2.24, 2.45) is 0 Å². The second-order valence-electron chi connectivity index (χ2n) is 28.0. The Morgan fingerprint density at radius 2 is 0.491 bits per heavy atom. The summed E-state index contributed by atoms with van der Waals surface area (Å²) in [6.07, 6.45) is 86.2. The topological polar surface area (TPSA) is 237 Å². The molecule has 0 aromatic carbocycles. The standard InChI is InChI=1S/C87H152O17P2/c1-5-9-13-17-21-25-29-32-35-38-40-43-46-49-53-56-60-64-68-72-85(90)98-78-83(104-87(92)74-70-66-62-58-54-50-47-44-41-39-36-33-30-26-22-18-14-10-6-2)80-102-106(95,96)100-76-81(88)75-99-105(93,94)101-79-82(103-86(91)73-69-65-61-57-51-28-24-20-16-12-8-4)77-97-84(89)71-67-63-59-55-52-48-45-42-37-34-31-27-23-19-15-11-7-3/h11,15,21-23,25-27,32-37,40-41,43-44,81-83,88H,5-10,12-14,16-20,24,28-31,38-39,42,45-80H2,1-4H3,(H,93,94)(H,95,96)/b15-11-,25-21-,26-22-,27-23-,35-32-,36-33-,37-34-,43-40-,44-41-. The molecule has 0 bridgehead atoms. The first-order valence-electron chi connectivity index (χ1n) is 42.1. The Morgan fingerprint density at radius 1 is 0.274 bits per heavy atom. The lowest BCUT2D eigenvalue weighted by Crippen LogP contribution is -2.30. The van der Waals surface area contributed by atoms with Gasteiger partial charge in [0.25, 0.3) is 0 Å². The molecule has 3 N–H and O–H groups in total. The van der Waals surface area contributed by atoms with Gasteiger partial charge in [-0.05, 0) is 135 Å². The minimum Gasteiger partial charge on any atom is -0.462 e. The van der Waals surface area contributed by atoms with Crippen molar-refractivity contribution >= 4 is 39.5 Å². The smallest absolute Gasteiger partial charge is 0.462 e. The van der Waals surface area contributed by atoms with E-state index in [1.807, 2.05) is 0 Å². The number of rotatable bonds is 79. The molecule has 0 aliphatic carbocycles. The number of aliphatic hydroxyl groups excluding tert-OH is 1. The van der Waals surface area contributed by atoms with Gasteiger partial charge in [-0.1, -0.05) is 310 Å². The Kier molecular flexibility index (Phi) is 75.6. The van der Waals surface area contributed by atoms with Crippen molar-refractivity contribution in [2.45, 2.75) is 380 Å². The SMILES string of the molecule is CC/C=C\C/C=C\C/C=C\CCCCCCCCCC(=O)OCC(COP(=O)(O)OCC(O)COP(=O)(O)OCC(COC(=O)CCCCCCCC/C=C\C/C=C\C/C=C\CCCCC)OC(=O)CCCCCCCC/C=C\C/C=C\C/C=C\CCCCC)OC(=O)CCCCCCCCCCCCC. The maximum Gasteiger partial charge on any atom is 0.472 e. The molecule has 0 saturated heterocycles. The minimum atomic E-state index is -4.99. The van der Waals surface area contributed by atoms with Gasteiger partial charge in [-0.2, -0.15) is 0 Å². The summed E-state index contributed by atoms with van der Waals surface area (Å²) in [4.78, 5) is 73.1. The number of phosphoric ester groups is 2. The molecule has 19 heteroatoms. The minimum absolute atomic E-state index is 0.0771. The molecule has 612 valence electrons. The number of unbranched alkanes of at least 4 members (excludes halogenated alkanes) is 35. The summed E-state index contributed by atoms with van der Waals surface area (Å²) < 4.78 is 68.7. The molecule has 17 nitrogen and oxygen atoms in total. The first kappa shape index (κ1) is 102. The second kappa shape index (κ2) is 78.8. The van der Waals surface area contributed by atoms with Crippen molar-refractivity contribution in [1.29, 1.82) is 0 Å². The lowest BCUT2D eigenvalue weighted by Gasteiger charge is -2.21. The van der Waals surface area contributed by atoms with Gasteiger partial charge in [-0.3, -0.25) is 37.3 Å². The summed E-state index contributed by atoms with van der Waals surface area (Å²) in [5.41, 5.74) is 0.